The van der Waals surface area contributed by atoms with Crippen LogP contribution in [0.15, 0.2) is 12.7 Å². The smallest absolute Gasteiger partial charge is 0.00160 e. The van der Waals surface area contributed by atoms with Crippen molar-refractivity contribution in [1.82, 2.24) is 4.90 Å². The first-order chi connectivity index (χ1) is 6.38. The number of piperidine rings is 1. The minimum Gasteiger partial charge on any atom is -0.302 e. The van der Waals surface area contributed by atoms with Crippen molar-refractivity contribution in [2.75, 3.05) is 19.6 Å². The molecule has 1 nitrogen and oxygen atoms in total. The van der Waals surface area contributed by atoms with E-state index in [2.05, 4.69) is 11.5 Å². The third-order valence-electron chi connectivity index (χ3n) is 3.57. The van der Waals surface area contributed by atoms with Crippen LogP contribution in [-0.2, 0) is 0 Å². The molecule has 0 aromatic heterocycles. The first-order valence-corrected chi connectivity index (χ1v) is 5.71. The van der Waals surface area contributed by atoms with E-state index in [0.717, 1.165) is 11.8 Å². The normalized spacial score (nSPS) is 34.5. The van der Waals surface area contributed by atoms with E-state index in [4.69, 9.17) is 0 Å². The molecule has 2 rings (SSSR count). The SMILES string of the molecule is C=CCCN1CC2CCCC(C2)C1. The van der Waals surface area contributed by atoms with E-state index < -0.39 is 0 Å². The lowest BCUT2D eigenvalue weighted by Gasteiger charge is -2.41. The molecule has 1 saturated carbocycles. The monoisotopic (exact) mass is 179 g/mol. The zero-order valence-corrected chi connectivity index (χ0v) is 8.54. The molecule has 0 spiro atoms. The number of hydrogen-bond acceptors (Lipinski definition) is 1. The van der Waals surface area contributed by atoms with E-state index in [-0.39, 0.29) is 0 Å². The van der Waals surface area contributed by atoms with Gasteiger partial charge in [-0.1, -0.05) is 12.5 Å². The van der Waals surface area contributed by atoms with Crippen molar-refractivity contribution in [3.05, 3.63) is 12.7 Å². The Bertz CT molecular complexity index is 164. The Labute approximate surface area is 81.8 Å². The van der Waals surface area contributed by atoms with Gasteiger partial charge in [0.1, 0.15) is 0 Å². The van der Waals surface area contributed by atoms with Crippen molar-refractivity contribution in [2.24, 2.45) is 11.8 Å². The van der Waals surface area contributed by atoms with E-state index in [1.807, 2.05) is 6.08 Å². The quantitative estimate of drug-likeness (QED) is 0.602. The van der Waals surface area contributed by atoms with Crippen LogP contribution in [0.4, 0.5) is 0 Å². The van der Waals surface area contributed by atoms with Gasteiger partial charge in [0.05, 0.1) is 0 Å². The topological polar surface area (TPSA) is 3.24 Å². The van der Waals surface area contributed by atoms with Crippen LogP contribution in [0.2, 0.25) is 0 Å². The highest BCUT2D eigenvalue weighted by molar-refractivity contribution is 4.84. The van der Waals surface area contributed by atoms with Crippen molar-refractivity contribution in [1.29, 1.82) is 0 Å². The molecule has 0 aromatic carbocycles. The highest BCUT2D eigenvalue weighted by Crippen LogP contribution is 2.34. The fourth-order valence-electron chi connectivity index (χ4n) is 3.00. The third kappa shape index (κ3) is 2.34. The van der Waals surface area contributed by atoms with Crippen molar-refractivity contribution < 1.29 is 0 Å². The van der Waals surface area contributed by atoms with E-state index in [0.29, 0.717) is 0 Å². The molecule has 13 heavy (non-hydrogen) atoms. The van der Waals surface area contributed by atoms with Crippen LogP contribution in [-0.4, -0.2) is 24.5 Å². The van der Waals surface area contributed by atoms with E-state index >= 15 is 0 Å². The molecule has 0 N–H and O–H groups in total. The molecule has 2 bridgehead atoms. The van der Waals surface area contributed by atoms with Gasteiger partial charge >= 0.3 is 0 Å². The van der Waals surface area contributed by atoms with Crippen LogP contribution in [0, 0.1) is 11.8 Å². The van der Waals surface area contributed by atoms with Crippen molar-refractivity contribution in [2.45, 2.75) is 32.1 Å². The predicted molar refractivity (Wildman–Crippen MR) is 56.7 cm³/mol. The lowest BCUT2D eigenvalue weighted by molar-refractivity contribution is 0.0877. The number of likely N-dealkylation sites (tertiary alicyclic amines) is 1. The second-order valence-corrected chi connectivity index (χ2v) is 4.74. The molecule has 2 atom stereocenters. The second-order valence-electron chi connectivity index (χ2n) is 4.74. The Morgan fingerprint density at radius 2 is 1.92 bits per heavy atom. The highest BCUT2D eigenvalue weighted by atomic mass is 15.1. The van der Waals surface area contributed by atoms with Gasteiger partial charge in [0.2, 0.25) is 0 Å². The number of nitrogens with zero attached hydrogens (tertiary/aromatic N) is 1. The molecule has 74 valence electrons. The summed E-state index contributed by atoms with van der Waals surface area (Å²) in [6, 6.07) is 0. The van der Waals surface area contributed by atoms with Gasteiger partial charge in [0, 0.05) is 19.6 Å². The fraction of sp³-hybridized carbons (Fsp3) is 0.833. The molecule has 2 aliphatic rings. The Morgan fingerprint density at radius 1 is 1.23 bits per heavy atom. The molecule has 1 saturated heterocycles. The second kappa shape index (κ2) is 4.28. The lowest BCUT2D eigenvalue weighted by Crippen LogP contribution is -2.42. The molecule has 2 fully saturated rings. The maximum Gasteiger partial charge on any atom is 0.00160 e. The zero-order chi connectivity index (χ0) is 9.10. The Morgan fingerprint density at radius 3 is 2.54 bits per heavy atom. The standard InChI is InChI=1S/C12H21N/c1-2-3-7-13-9-11-5-4-6-12(8-11)10-13/h2,11-12H,1,3-10H2. The van der Waals surface area contributed by atoms with Crippen LogP contribution in [0.25, 0.3) is 0 Å². The summed E-state index contributed by atoms with van der Waals surface area (Å²) in [6.07, 6.45) is 9.20. The molecule has 1 heterocycles. The summed E-state index contributed by atoms with van der Waals surface area (Å²) in [6.45, 7) is 7.77. The lowest BCUT2D eigenvalue weighted by atomic mass is 9.78. The summed E-state index contributed by atoms with van der Waals surface area (Å²) in [5.41, 5.74) is 0. The average molecular weight is 179 g/mol. The van der Waals surface area contributed by atoms with Crippen LogP contribution in [0.5, 0.6) is 0 Å². The molecule has 0 radical (unpaired) electrons. The van der Waals surface area contributed by atoms with Gasteiger partial charge in [-0.25, -0.2) is 0 Å². The molecule has 1 aliphatic heterocycles. The number of hydrogen-bond donors (Lipinski definition) is 0. The summed E-state index contributed by atoms with van der Waals surface area (Å²) in [5.74, 6) is 2.05. The maximum atomic E-state index is 3.79. The van der Waals surface area contributed by atoms with Gasteiger partial charge in [0.25, 0.3) is 0 Å². The first kappa shape index (κ1) is 9.26. The van der Waals surface area contributed by atoms with Crippen LogP contribution in [0.3, 0.4) is 0 Å². The maximum absolute atomic E-state index is 3.79. The predicted octanol–water partition coefficient (Wildman–Crippen LogP) is 2.68. The Hall–Kier alpha value is -0.300. The first-order valence-electron chi connectivity index (χ1n) is 5.71. The fourth-order valence-corrected chi connectivity index (χ4v) is 3.00. The van der Waals surface area contributed by atoms with Gasteiger partial charge in [0.15, 0.2) is 0 Å². The number of fused-ring (bicyclic) bond motifs is 2. The molecular weight excluding hydrogens is 158 g/mol. The molecular formula is C12H21N. The Kier molecular flexibility index (Phi) is 3.05. The third-order valence-corrected chi connectivity index (χ3v) is 3.57. The molecule has 0 amide bonds. The summed E-state index contributed by atoms with van der Waals surface area (Å²) in [7, 11) is 0. The summed E-state index contributed by atoms with van der Waals surface area (Å²) < 4.78 is 0. The molecule has 1 heteroatoms. The van der Waals surface area contributed by atoms with E-state index in [1.54, 1.807) is 0 Å². The van der Waals surface area contributed by atoms with Crippen LogP contribution < -0.4 is 0 Å². The van der Waals surface area contributed by atoms with Crippen molar-refractivity contribution in [3.8, 4) is 0 Å². The van der Waals surface area contributed by atoms with Gasteiger partial charge in [-0.05, 0) is 37.5 Å². The van der Waals surface area contributed by atoms with Gasteiger partial charge in [-0.2, -0.15) is 0 Å². The van der Waals surface area contributed by atoms with Crippen molar-refractivity contribution >= 4 is 0 Å². The molecule has 0 aromatic rings. The van der Waals surface area contributed by atoms with Gasteiger partial charge in [-0.15, -0.1) is 6.58 Å². The highest BCUT2D eigenvalue weighted by Gasteiger charge is 2.29. The van der Waals surface area contributed by atoms with Crippen molar-refractivity contribution in [3.63, 3.8) is 0 Å². The van der Waals surface area contributed by atoms with E-state index in [1.165, 1.54) is 51.7 Å². The molecule has 1 aliphatic carbocycles. The van der Waals surface area contributed by atoms with Gasteiger partial charge < -0.3 is 4.90 Å². The van der Waals surface area contributed by atoms with Gasteiger partial charge in [-0.3, -0.25) is 0 Å². The zero-order valence-electron chi connectivity index (χ0n) is 8.54. The Balaban J connectivity index is 1.83. The van der Waals surface area contributed by atoms with Crippen LogP contribution in [0.1, 0.15) is 32.1 Å². The molecule has 2 unspecified atom stereocenters. The minimum absolute atomic E-state index is 1.03. The summed E-state index contributed by atoms with van der Waals surface area (Å²) in [5, 5.41) is 0. The van der Waals surface area contributed by atoms with Crippen LogP contribution >= 0.6 is 0 Å². The summed E-state index contributed by atoms with van der Waals surface area (Å²) in [4.78, 5) is 2.65. The summed E-state index contributed by atoms with van der Waals surface area (Å²) >= 11 is 0. The largest absolute Gasteiger partial charge is 0.302 e. The number of rotatable bonds is 3. The average Bonchev–Trinajstić information content (AvgIpc) is 2.14. The van der Waals surface area contributed by atoms with E-state index in [9.17, 15) is 0 Å². The minimum atomic E-state index is 1.03.